The largest absolute Gasteiger partial charge is 0.348 e. The van der Waals surface area contributed by atoms with Crippen molar-refractivity contribution in [1.29, 1.82) is 0 Å². The summed E-state index contributed by atoms with van der Waals surface area (Å²) in [6, 6.07) is 16.1. The van der Waals surface area contributed by atoms with Gasteiger partial charge in [-0.25, -0.2) is 0 Å². The summed E-state index contributed by atoms with van der Waals surface area (Å²) < 4.78 is 0. The normalized spacial score (nSPS) is 10.8. The lowest BCUT2D eigenvalue weighted by atomic mass is 10.1. The van der Waals surface area contributed by atoms with E-state index in [9.17, 15) is 4.79 Å². The first-order valence-corrected chi connectivity index (χ1v) is 9.73. The molecule has 3 nitrogen and oxygen atoms in total. The fourth-order valence-corrected chi connectivity index (χ4v) is 3.10. The zero-order chi connectivity index (χ0) is 17.4. The standard InChI is InChI=1S/C20H26N2OS/c1-4-22(5-2)15-18-9-7-6-8-17(18)14-21-20(23)16-10-12-19(24-3)13-11-16/h6-13H,4-5,14-15H2,1-3H3,(H,21,23)/p+1. The number of thioether (sulfide) groups is 1. The molecule has 0 heterocycles. The van der Waals surface area contributed by atoms with Gasteiger partial charge in [-0.1, -0.05) is 24.3 Å². The first kappa shape index (κ1) is 18.6. The van der Waals surface area contributed by atoms with Gasteiger partial charge in [-0.15, -0.1) is 11.8 Å². The van der Waals surface area contributed by atoms with Crippen molar-refractivity contribution in [2.45, 2.75) is 31.8 Å². The summed E-state index contributed by atoms with van der Waals surface area (Å²) in [5.41, 5.74) is 3.22. The minimum absolute atomic E-state index is 0.0207. The van der Waals surface area contributed by atoms with Crippen LogP contribution in [0.5, 0.6) is 0 Å². The van der Waals surface area contributed by atoms with E-state index in [0.29, 0.717) is 12.1 Å². The van der Waals surface area contributed by atoms with Gasteiger partial charge >= 0.3 is 0 Å². The van der Waals surface area contributed by atoms with E-state index in [1.807, 2.05) is 36.6 Å². The molecule has 0 aliphatic carbocycles. The third-order valence-electron chi connectivity index (χ3n) is 4.35. The maximum atomic E-state index is 12.3. The number of carbonyl (C=O) groups is 1. The third kappa shape index (κ3) is 5.11. The number of hydrogen-bond acceptors (Lipinski definition) is 2. The monoisotopic (exact) mass is 343 g/mol. The van der Waals surface area contributed by atoms with Crippen LogP contribution in [-0.2, 0) is 13.1 Å². The van der Waals surface area contributed by atoms with Crippen molar-refractivity contribution in [3.63, 3.8) is 0 Å². The van der Waals surface area contributed by atoms with Gasteiger partial charge in [0.05, 0.1) is 13.1 Å². The van der Waals surface area contributed by atoms with Crippen molar-refractivity contribution >= 4 is 17.7 Å². The molecule has 2 N–H and O–H groups in total. The molecule has 0 unspecified atom stereocenters. The summed E-state index contributed by atoms with van der Waals surface area (Å²) in [6.07, 6.45) is 2.03. The van der Waals surface area contributed by atoms with E-state index in [2.05, 4.69) is 37.4 Å². The molecule has 2 rings (SSSR count). The van der Waals surface area contributed by atoms with Gasteiger partial charge in [-0.2, -0.15) is 0 Å². The number of carbonyl (C=O) groups excluding carboxylic acids is 1. The average Bonchev–Trinajstić information content (AvgIpc) is 2.65. The van der Waals surface area contributed by atoms with Crippen molar-refractivity contribution in [1.82, 2.24) is 5.32 Å². The van der Waals surface area contributed by atoms with Gasteiger partial charge in [0.25, 0.3) is 5.91 Å². The molecule has 0 aromatic heterocycles. The number of quaternary nitrogens is 1. The molecule has 0 saturated carbocycles. The van der Waals surface area contributed by atoms with Crippen molar-refractivity contribution in [2.75, 3.05) is 19.3 Å². The SMILES string of the molecule is CC[NH+](CC)Cc1ccccc1CNC(=O)c1ccc(SC)cc1. The van der Waals surface area contributed by atoms with Crippen LogP contribution in [0.1, 0.15) is 35.3 Å². The second-order valence-corrected chi connectivity index (χ2v) is 6.69. The molecule has 128 valence electrons. The molecular formula is C20H27N2OS+. The summed E-state index contributed by atoms with van der Waals surface area (Å²) in [4.78, 5) is 15.0. The zero-order valence-electron chi connectivity index (χ0n) is 14.8. The minimum Gasteiger partial charge on any atom is -0.348 e. The highest BCUT2D eigenvalue weighted by molar-refractivity contribution is 7.98. The molecular weight excluding hydrogens is 316 g/mol. The van der Waals surface area contributed by atoms with Crippen LogP contribution in [-0.4, -0.2) is 25.3 Å². The number of benzene rings is 2. The lowest BCUT2D eigenvalue weighted by molar-refractivity contribution is -0.910. The van der Waals surface area contributed by atoms with Crippen LogP contribution in [0.2, 0.25) is 0 Å². The van der Waals surface area contributed by atoms with Crippen LogP contribution >= 0.6 is 11.8 Å². The molecule has 2 aromatic carbocycles. The number of rotatable bonds is 8. The Morgan fingerprint density at radius 1 is 1.00 bits per heavy atom. The van der Waals surface area contributed by atoms with Crippen molar-refractivity contribution in [3.05, 3.63) is 65.2 Å². The molecule has 0 aliphatic heterocycles. The molecule has 0 spiro atoms. The second kappa shape index (κ2) is 9.50. The van der Waals surface area contributed by atoms with Crippen molar-refractivity contribution < 1.29 is 9.69 Å². The van der Waals surface area contributed by atoms with E-state index in [4.69, 9.17) is 0 Å². The summed E-state index contributed by atoms with van der Waals surface area (Å²) in [5, 5.41) is 3.05. The molecule has 0 bridgehead atoms. The molecule has 2 aromatic rings. The molecule has 24 heavy (non-hydrogen) atoms. The highest BCUT2D eigenvalue weighted by atomic mass is 32.2. The molecule has 0 saturated heterocycles. The average molecular weight is 344 g/mol. The summed E-state index contributed by atoms with van der Waals surface area (Å²) in [5.74, 6) is -0.0207. The maximum absolute atomic E-state index is 12.3. The van der Waals surface area contributed by atoms with Gasteiger partial charge in [0, 0.05) is 22.6 Å². The first-order chi connectivity index (χ1) is 11.7. The Morgan fingerprint density at radius 2 is 1.62 bits per heavy atom. The predicted molar refractivity (Wildman–Crippen MR) is 102 cm³/mol. The summed E-state index contributed by atoms with van der Waals surface area (Å²) in [7, 11) is 0. The maximum Gasteiger partial charge on any atom is 0.251 e. The van der Waals surface area contributed by atoms with E-state index >= 15 is 0 Å². The predicted octanol–water partition coefficient (Wildman–Crippen LogP) is 2.76. The summed E-state index contributed by atoms with van der Waals surface area (Å²) >= 11 is 1.68. The van der Waals surface area contributed by atoms with Gasteiger partial charge in [0.1, 0.15) is 6.54 Å². The Labute approximate surface area is 149 Å². The topological polar surface area (TPSA) is 33.5 Å². The highest BCUT2D eigenvalue weighted by Crippen LogP contribution is 2.15. The molecule has 4 heteroatoms. The molecule has 0 radical (unpaired) electrons. The quantitative estimate of drug-likeness (QED) is 0.723. The van der Waals surface area contributed by atoms with E-state index in [-0.39, 0.29) is 5.91 Å². The fraction of sp³-hybridized carbons (Fsp3) is 0.350. The smallest absolute Gasteiger partial charge is 0.251 e. The highest BCUT2D eigenvalue weighted by Gasteiger charge is 2.10. The van der Waals surface area contributed by atoms with E-state index in [0.717, 1.165) is 19.6 Å². The first-order valence-electron chi connectivity index (χ1n) is 8.50. The summed E-state index contributed by atoms with van der Waals surface area (Å²) in [6.45, 7) is 8.21. The van der Waals surface area contributed by atoms with Crippen LogP contribution in [0.25, 0.3) is 0 Å². The van der Waals surface area contributed by atoms with E-state index in [1.54, 1.807) is 16.7 Å². The van der Waals surface area contributed by atoms with Gasteiger partial charge in [0.15, 0.2) is 0 Å². The third-order valence-corrected chi connectivity index (χ3v) is 5.09. The van der Waals surface area contributed by atoms with Crippen LogP contribution in [0.3, 0.4) is 0 Å². The van der Waals surface area contributed by atoms with Crippen molar-refractivity contribution in [3.8, 4) is 0 Å². The zero-order valence-corrected chi connectivity index (χ0v) is 15.6. The molecule has 0 aliphatic rings. The Morgan fingerprint density at radius 3 is 2.21 bits per heavy atom. The second-order valence-electron chi connectivity index (χ2n) is 5.81. The molecule has 1 amide bonds. The number of nitrogens with one attached hydrogen (secondary N) is 2. The lowest BCUT2D eigenvalue weighted by Crippen LogP contribution is -3.10. The van der Waals surface area contributed by atoms with Crippen molar-refractivity contribution in [2.24, 2.45) is 0 Å². The Hall–Kier alpha value is -1.78. The van der Waals surface area contributed by atoms with E-state index in [1.165, 1.54) is 16.0 Å². The Balaban J connectivity index is 2.01. The van der Waals surface area contributed by atoms with Crippen LogP contribution < -0.4 is 10.2 Å². The van der Waals surface area contributed by atoms with Crippen LogP contribution in [0, 0.1) is 0 Å². The molecule has 0 atom stereocenters. The fourth-order valence-electron chi connectivity index (χ4n) is 2.69. The van der Waals surface area contributed by atoms with Gasteiger partial charge in [-0.3, -0.25) is 4.79 Å². The Bertz CT molecular complexity index is 651. The Kier molecular flexibility index (Phi) is 7.35. The number of amides is 1. The minimum atomic E-state index is -0.0207. The van der Waals surface area contributed by atoms with E-state index < -0.39 is 0 Å². The van der Waals surface area contributed by atoms with Crippen LogP contribution in [0.4, 0.5) is 0 Å². The molecule has 0 fully saturated rings. The van der Waals surface area contributed by atoms with Gasteiger partial charge < -0.3 is 10.2 Å². The number of hydrogen-bond donors (Lipinski definition) is 2. The van der Waals surface area contributed by atoms with Crippen LogP contribution in [0.15, 0.2) is 53.4 Å². The van der Waals surface area contributed by atoms with Gasteiger partial charge in [0.2, 0.25) is 0 Å². The lowest BCUT2D eigenvalue weighted by Gasteiger charge is -2.18. The van der Waals surface area contributed by atoms with Gasteiger partial charge in [-0.05, 0) is 49.9 Å².